The molecule has 2 fully saturated rings. The Morgan fingerprint density at radius 2 is 1.52 bits per heavy atom. The fraction of sp³-hybridized carbons (Fsp3) is 0.850. The van der Waals surface area contributed by atoms with Gasteiger partial charge in [0.1, 0.15) is 12.4 Å². The van der Waals surface area contributed by atoms with Crippen LogP contribution in [-0.4, -0.2) is 37.7 Å². The standard InChI is InChI=1S/C20H34N4O/c1-3-18-21-19(4-2)23(22-18)15-20(25)24(16-11-7-5-8-12-16)17-13-9-6-10-14-17/h16-17H,3-15H2,1-2H3. The van der Waals surface area contributed by atoms with E-state index >= 15 is 0 Å². The molecule has 2 saturated carbocycles. The van der Waals surface area contributed by atoms with Crippen molar-refractivity contribution in [2.75, 3.05) is 0 Å². The van der Waals surface area contributed by atoms with Crippen LogP contribution in [0.15, 0.2) is 0 Å². The van der Waals surface area contributed by atoms with E-state index in [-0.39, 0.29) is 5.91 Å². The molecule has 1 aromatic rings. The molecule has 0 spiro atoms. The Morgan fingerprint density at radius 1 is 0.960 bits per heavy atom. The van der Waals surface area contributed by atoms with Crippen LogP contribution in [0.1, 0.15) is 89.7 Å². The fourth-order valence-corrected chi connectivity index (χ4v) is 4.60. The van der Waals surface area contributed by atoms with Crippen LogP contribution in [0.5, 0.6) is 0 Å². The lowest BCUT2D eigenvalue weighted by Crippen LogP contribution is -2.50. The van der Waals surface area contributed by atoms with E-state index in [1.165, 1.54) is 64.2 Å². The minimum atomic E-state index is 0.265. The van der Waals surface area contributed by atoms with E-state index in [0.29, 0.717) is 18.6 Å². The molecule has 140 valence electrons. The Bertz CT molecular complexity index is 538. The fourth-order valence-electron chi connectivity index (χ4n) is 4.60. The predicted molar refractivity (Wildman–Crippen MR) is 99.4 cm³/mol. The number of hydrogen-bond donors (Lipinski definition) is 0. The molecule has 2 aliphatic carbocycles. The van der Waals surface area contributed by atoms with Crippen molar-refractivity contribution < 1.29 is 4.79 Å². The van der Waals surface area contributed by atoms with Gasteiger partial charge in [-0.25, -0.2) is 9.67 Å². The van der Waals surface area contributed by atoms with E-state index < -0.39 is 0 Å². The normalized spacial score (nSPS) is 19.9. The van der Waals surface area contributed by atoms with Crippen LogP contribution in [0.25, 0.3) is 0 Å². The maximum absolute atomic E-state index is 13.3. The SMILES string of the molecule is CCc1nc(CC)n(CC(=O)N(C2CCCCC2)C2CCCCC2)n1. The molecule has 0 saturated heterocycles. The quantitative estimate of drug-likeness (QED) is 0.785. The monoisotopic (exact) mass is 346 g/mol. The van der Waals surface area contributed by atoms with Crippen molar-refractivity contribution in [3.8, 4) is 0 Å². The van der Waals surface area contributed by atoms with Crippen LogP contribution < -0.4 is 0 Å². The summed E-state index contributed by atoms with van der Waals surface area (Å²) in [5.41, 5.74) is 0. The molecule has 0 radical (unpaired) electrons. The molecule has 2 aliphatic rings. The minimum Gasteiger partial charge on any atom is -0.335 e. The average Bonchev–Trinajstić information content (AvgIpc) is 3.05. The van der Waals surface area contributed by atoms with Crippen LogP contribution in [0.4, 0.5) is 0 Å². The highest BCUT2D eigenvalue weighted by molar-refractivity contribution is 5.76. The zero-order valence-corrected chi connectivity index (χ0v) is 16.0. The van der Waals surface area contributed by atoms with Crippen molar-refractivity contribution in [2.24, 2.45) is 0 Å². The topological polar surface area (TPSA) is 51.0 Å². The molecule has 5 heteroatoms. The third-order valence-corrected chi connectivity index (χ3v) is 5.93. The van der Waals surface area contributed by atoms with Crippen LogP contribution in [0.3, 0.4) is 0 Å². The number of rotatable bonds is 6. The molecule has 3 rings (SSSR count). The minimum absolute atomic E-state index is 0.265. The number of hydrogen-bond acceptors (Lipinski definition) is 3. The van der Waals surface area contributed by atoms with Gasteiger partial charge in [-0.2, -0.15) is 5.10 Å². The van der Waals surface area contributed by atoms with Gasteiger partial charge in [0.15, 0.2) is 5.82 Å². The summed E-state index contributed by atoms with van der Waals surface area (Å²) in [5, 5.41) is 4.57. The summed E-state index contributed by atoms with van der Waals surface area (Å²) in [6.45, 7) is 4.52. The number of amides is 1. The van der Waals surface area contributed by atoms with Gasteiger partial charge < -0.3 is 4.90 Å². The Labute approximate surface area is 152 Å². The smallest absolute Gasteiger partial charge is 0.244 e. The number of carbonyl (C=O) groups excluding carboxylic acids is 1. The molecule has 1 aromatic heterocycles. The van der Waals surface area contributed by atoms with Gasteiger partial charge in [0.2, 0.25) is 5.91 Å². The van der Waals surface area contributed by atoms with E-state index in [9.17, 15) is 4.79 Å². The molecule has 0 aliphatic heterocycles. The van der Waals surface area contributed by atoms with E-state index in [2.05, 4.69) is 28.8 Å². The molecule has 0 atom stereocenters. The molecule has 0 N–H and O–H groups in total. The van der Waals surface area contributed by atoms with Crippen molar-refractivity contribution in [2.45, 2.75) is 110 Å². The molecule has 0 bridgehead atoms. The average molecular weight is 347 g/mol. The van der Waals surface area contributed by atoms with Crippen LogP contribution in [-0.2, 0) is 24.2 Å². The zero-order chi connectivity index (χ0) is 17.6. The predicted octanol–water partition coefficient (Wildman–Crippen LogP) is 3.90. The van der Waals surface area contributed by atoms with E-state index in [1.54, 1.807) is 0 Å². The number of aryl methyl sites for hydroxylation is 2. The van der Waals surface area contributed by atoms with E-state index in [1.807, 2.05) is 4.68 Å². The van der Waals surface area contributed by atoms with Crippen molar-refractivity contribution in [3.05, 3.63) is 11.6 Å². The first-order valence-corrected chi connectivity index (χ1v) is 10.5. The lowest BCUT2D eigenvalue weighted by Gasteiger charge is -2.41. The summed E-state index contributed by atoms with van der Waals surface area (Å²) in [5.74, 6) is 2.06. The Kier molecular flexibility index (Phi) is 6.49. The van der Waals surface area contributed by atoms with Crippen LogP contribution >= 0.6 is 0 Å². The Morgan fingerprint density at radius 3 is 2.00 bits per heavy atom. The van der Waals surface area contributed by atoms with Gasteiger partial charge in [0, 0.05) is 24.9 Å². The van der Waals surface area contributed by atoms with Gasteiger partial charge in [0.25, 0.3) is 0 Å². The first kappa shape index (κ1) is 18.4. The molecule has 1 amide bonds. The molecule has 0 aromatic carbocycles. The Balaban J connectivity index is 1.77. The lowest BCUT2D eigenvalue weighted by molar-refractivity contribution is -0.139. The summed E-state index contributed by atoms with van der Waals surface area (Å²) in [6, 6.07) is 0.896. The Hall–Kier alpha value is -1.39. The maximum Gasteiger partial charge on any atom is 0.244 e. The van der Waals surface area contributed by atoms with Crippen molar-refractivity contribution in [1.82, 2.24) is 19.7 Å². The van der Waals surface area contributed by atoms with Gasteiger partial charge >= 0.3 is 0 Å². The van der Waals surface area contributed by atoms with Gasteiger partial charge in [-0.3, -0.25) is 4.79 Å². The zero-order valence-electron chi connectivity index (χ0n) is 16.0. The van der Waals surface area contributed by atoms with Gasteiger partial charge in [-0.1, -0.05) is 52.4 Å². The van der Waals surface area contributed by atoms with Crippen molar-refractivity contribution in [1.29, 1.82) is 0 Å². The highest BCUT2D eigenvalue weighted by atomic mass is 16.2. The maximum atomic E-state index is 13.3. The molecular weight excluding hydrogens is 312 g/mol. The van der Waals surface area contributed by atoms with E-state index in [0.717, 1.165) is 24.5 Å². The number of aromatic nitrogens is 3. The highest BCUT2D eigenvalue weighted by Crippen LogP contribution is 2.30. The first-order valence-electron chi connectivity index (χ1n) is 10.5. The molecule has 5 nitrogen and oxygen atoms in total. The van der Waals surface area contributed by atoms with Crippen LogP contribution in [0.2, 0.25) is 0 Å². The molecular formula is C20H34N4O. The van der Waals surface area contributed by atoms with E-state index in [4.69, 9.17) is 0 Å². The van der Waals surface area contributed by atoms with Crippen molar-refractivity contribution >= 4 is 5.91 Å². The second kappa shape index (κ2) is 8.81. The molecule has 25 heavy (non-hydrogen) atoms. The van der Waals surface area contributed by atoms with Crippen molar-refractivity contribution in [3.63, 3.8) is 0 Å². The van der Waals surface area contributed by atoms with Gasteiger partial charge in [-0.05, 0) is 25.7 Å². The molecule has 0 unspecified atom stereocenters. The number of nitrogens with zero attached hydrogens (tertiary/aromatic N) is 4. The first-order chi connectivity index (χ1) is 12.2. The van der Waals surface area contributed by atoms with Gasteiger partial charge in [0.05, 0.1) is 0 Å². The summed E-state index contributed by atoms with van der Waals surface area (Å²) in [4.78, 5) is 20.2. The lowest BCUT2D eigenvalue weighted by atomic mass is 9.88. The summed E-state index contributed by atoms with van der Waals surface area (Å²) >= 11 is 0. The highest BCUT2D eigenvalue weighted by Gasteiger charge is 2.32. The third-order valence-electron chi connectivity index (χ3n) is 5.93. The summed E-state index contributed by atoms with van der Waals surface area (Å²) in [6.07, 6.45) is 14.1. The largest absolute Gasteiger partial charge is 0.335 e. The van der Waals surface area contributed by atoms with Gasteiger partial charge in [-0.15, -0.1) is 0 Å². The summed E-state index contributed by atoms with van der Waals surface area (Å²) < 4.78 is 1.86. The summed E-state index contributed by atoms with van der Waals surface area (Å²) in [7, 11) is 0. The number of carbonyl (C=O) groups is 1. The molecule has 1 heterocycles. The second-order valence-corrected chi connectivity index (χ2v) is 7.69. The third kappa shape index (κ3) is 4.42. The second-order valence-electron chi connectivity index (χ2n) is 7.69. The van der Waals surface area contributed by atoms with Crippen LogP contribution in [0, 0.1) is 0 Å².